The highest BCUT2D eigenvalue weighted by Gasteiger charge is 1.88. The molecule has 0 aliphatic rings. The number of aliphatic imine (C=N–C) groups is 1. The quantitative estimate of drug-likeness (QED) is 0.379. The van der Waals surface area contributed by atoms with E-state index < -0.39 is 0 Å². The van der Waals surface area contributed by atoms with Crippen molar-refractivity contribution in [3.8, 4) is 0 Å². The topological polar surface area (TPSA) is 38.4 Å². The predicted octanol–water partition coefficient (Wildman–Crippen LogP) is 1.90. The molecule has 0 aromatic rings. The predicted molar refractivity (Wildman–Crippen MR) is 54.4 cm³/mol. The summed E-state index contributed by atoms with van der Waals surface area (Å²) in [5, 5.41) is 0. The number of amidine groups is 1. The van der Waals surface area contributed by atoms with Gasteiger partial charge in [-0.3, -0.25) is 4.99 Å². The van der Waals surface area contributed by atoms with Crippen LogP contribution in [0.3, 0.4) is 0 Å². The standard InChI is InChI=1S/C8H18N2S/c1-3-5-8(9)10-6-4-7-11-2/h3-7H2,1-2H3,(H2,9,10). The number of thioether (sulfide) groups is 1. The molecule has 0 saturated carbocycles. The van der Waals surface area contributed by atoms with Crippen molar-refractivity contribution in [3.05, 3.63) is 0 Å². The summed E-state index contributed by atoms with van der Waals surface area (Å²) in [6, 6.07) is 0. The minimum Gasteiger partial charge on any atom is -0.387 e. The van der Waals surface area contributed by atoms with Crippen LogP contribution < -0.4 is 5.73 Å². The van der Waals surface area contributed by atoms with Crippen molar-refractivity contribution in [2.75, 3.05) is 18.6 Å². The van der Waals surface area contributed by atoms with E-state index in [1.807, 2.05) is 11.8 Å². The van der Waals surface area contributed by atoms with Crippen LogP contribution in [-0.4, -0.2) is 24.4 Å². The van der Waals surface area contributed by atoms with Crippen molar-refractivity contribution in [2.24, 2.45) is 10.7 Å². The maximum absolute atomic E-state index is 5.61. The van der Waals surface area contributed by atoms with Crippen molar-refractivity contribution in [2.45, 2.75) is 26.2 Å². The van der Waals surface area contributed by atoms with Gasteiger partial charge in [-0.2, -0.15) is 11.8 Å². The molecule has 3 heteroatoms. The normalized spacial score (nSPS) is 12.0. The lowest BCUT2D eigenvalue weighted by Crippen LogP contribution is -2.11. The molecule has 0 atom stereocenters. The first-order valence-corrected chi connectivity index (χ1v) is 5.48. The summed E-state index contributed by atoms with van der Waals surface area (Å²) < 4.78 is 0. The molecule has 0 aromatic heterocycles. The SMILES string of the molecule is CCCC(N)=NCCCSC. The average molecular weight is 174 g/mol. The highest BCUT2D eigenvalue weighted by atomic mass is 32.2. The van der Waals surface area contributed by atoms with Crippen molar-refractivity contribution < 1.29 is 0 Å². The van der Waals surface area contributed by atoms with Gasteiger partial charge in [-0.05, 0) is 24.9 Å². The van der Waals surface area contributed by atoms with E-state index in [9.17, 15) is 0 Å². The van der Waals surface area contributed by atoms with Gasteiger partial charge in [-0.15, -0.1) is 0 Å². The molecular formula is C8H18N2S. The van der Waals surface area contributed by atoms with Crippen LogP contribution in [0.5, 0.6) is 0 Å². The van der Waals surface area contributed by atoms with Crippen LogP contribution in [0.2, 0.25) is 0 Å². The van der Waals surface area contributed by atoms with Gasteiger partial charge in [-0.25, -0.2) is 0 Å². The van der Waals surface area contributed by atoms with Gasteiger partial charge in [0.15, 0.2) is 0 Å². The van der Waals surface area contributed by atoms with E-state index in [4.69, 9.17) is 5.73 Å². The van der Waals surface area contributed by atoms with Gasteiger partial charge in [0.1, 0.15) is 0 Å². The van der Waals surface area contributed by atoms with Crippen molar-refractivity contribution in [3.63, 3.8) is 0 Å². The third-order valence-electron chi connectivity index (χ3n) is 1.33. The molecule has 0 aliphatic carbocycles. The summed E-state index contributed by atoms with van der Waals surface area (Å²) >= 11 is 1.86. The maximum Gasteiger partial charge on any atom is 0.0936 e. The van der Waals surface area contributed by atoms with Gasteiger partial charge in [0.05, 0.1) is 5.84 Å². The molecule has 2 nitrogen and oxygen atoms in total. The first-order valence-electron chi connectivity index (χ1n) is 4.09. The first kappa shape index (κ1) is 10.8. The molecule has 0 heterocycles. The van der Waals surface area contributed by atoms with Crippen LogP contribution >= 0.6 is 11.8 Å². The third-order valence-corrected chi connectivity index (χ3v) is 2.02. The fourth-order valence-electron chi connectivity index (χ4n) is 0.767. The minimum absolute atomic E-state index is 0.814. The van der Waals surface area contributed by atoms with Gasteiger partial charge in [0, 0.05) is 13.0 Å². The summed E-state index contributed by atoms with van der Waals surface area (Å²) in [4.78, 5) is 4.23. The first-order chi connectivity index (χ1) is 5.31. The van der Waals surface area contributed by atoms with E-state index in [0.717, 1.165) is 31.6 Å². The second-order valence-electron chi connectivity index (χ2n) is 2.47. The van der Waals surface area contributed by atoms with E-state index in [1.54, 1.807) is 0 Å². The van der Waals surface area contributed by atoms with Crippen LogP contribution in [-0.2, 0) is 0 Å². The summed E-state index contributed by atoms with van der Waals surface area (Å²) in [6.07, 6.45) is 5.29. The summed E-state index contributed by atoms with van der Waals surface area (Å²) in [7, 11) is 0. The average Bonchev–Trinajstić information content (AvgIpc) is 1.99. The zero-order valence-electron chi connectivity index (χ0n) is 7.47. The molecule has 0 fully saturated rings. The lowest BCUT2D eigenvalue weighted by Gasteiger charge is -1.97. The molecule has 0 bridgehead atoms. The molecule has 0 rings (SSSR count). The Morgan fingerprint density at radius 2 is 2.27 bits per heavy atom. The minimum atomic E-state index is 0.814. The van der Waals surface area contributed by atoms with E-state index in [1.165, 1.54) is 5.75 Å². The van der Waals surface area contributed by atoms with Gasteiger partial charge in [-0.1, -0.05) is 6.92 Å². The Morgan fingerprint density at radius 3 is 2.82 bits per heavy atom. The zero-order chi connectivity index (χ0) is 8.53. The molecule has 0 aromatic carbocycles. The van der Waals surface area contributed by atoms with E-state index >= 15 is 0 Å². The number of nitrogens with two attached hydrogens (primary N) is 1. The molecule has 0 aliphatic heterocycles. The van der Waals surface area contributed by atoms with Gasteiger partial charge >= 0.3 is 0 Å². The van der Waals surface area contributed by atoms with E-state index in [-0.39, 0.29) is 0 Å². The summed E-state index contributed by atoms with van der Waals surface area (Å²) in [5.74, 6) is 2.00. The fraction of sp³-hybridized carbons (Fsp3) is 0.875. The van der Waals surface area contributed by atoms with Crippen molar-refractivity contribution >= 4 is 17.6 Å². The Morgan fingerprint density at radius 1 is 1.55 bits per heavy atom. The molecule has 66 valence electrons. The van der Waals surface area contributed by atoms with E-state index in [0.29, 0.717) is 0 Å². The highest BCUT2D eigenvalue weighted by Crippen LogP contribution is 1.95. The molecule has 0 amide bonds. The van der Waals surface area contributed by atoms with Crippen LogP contribution in [0.25, 0.3) is 0 Å². The molecule has 11 heavy (non-hydrogen) atoms. The number of hydrogen-bond acceptors (Lipinski definition) is 2. The Bertz CT molecular complexity index is 113. The monoisotopic (exact) mass is 174 g/mol. The van der Waals surface area contributed by atoms with Crippen molar-refractivity contribution in [1.82, 2.24) is 0 Å². The van der Waals surface area contributed by atoms with E-state index in [2.05, 4.69) is 18.2 Å². The molecule has 0 radical (unpaired) electrons. The molecule has 0 unspecified atom stereocenters. The molecule has 0 saturated heterocycles. The Balaban J connectivity index is 3.24. The number of nitrogens with zero attached hydrogens (tertiary/aromatic N) is 1. The third kappa shape index (κ3) is 7.72. The Hall–Kier alpha value is -0.180. The fourth-order valence-corrected chi connectivity index (χ4v) is 1.18. The highest BCUT2D eigenvalue weighted by molar-refractivity contribution is 7.98. The Labute approximate surface area is 73.7 Å². The summed E-state index contributed by atoms with van der Waals surface area (Å²) in [6.45, 7) is 3.01. The van der Waals surface area contributed by atoms with Crippen LogP contribution in [0.1, 0.15) is 26.2 Å². The lowest BCUT2D eigenvalue weighted by molar-refractivity contribution is 0.912. The second-order valence-corrected chi connectivity index (χ2v) is 3.46. The largest absolute Gasteiger partial charge is 0.387 e. The van der Waals surface area contributed by atoms with Gasteiger partial charge in [0.25, 0.3) is 0 Å². The second kappa shape index (κ2) is 7.92. The van der Waals surface area contributed by atoms with Crippen LogP contribution in [0.15, 0.2) is 4.99 Å². The molecule has 2 N–H and O–H groups in total. The number of rotatable bonds is 6. The van der Waals surface area contributed by atoms with Crippen molar-refractivity contribution in [1.29, 1.82) is 0 Å². The van der Waals surface area contributed by atoms with Crippen LogP contribution in [0, 0.1) is 0 Å². The van der Waals surface area contributed by atoms with Crippen LogP contribution in [0.4, 0.5) is 0 Å². The maximum atomic E-state index is 5.61. The lowest BCUT2D eigenvalue weighted by atomic mass is 10.3. The molecule has 0 spiro atoms. The number of hydrogen-bond donors (Lipinski definition) is 1. The van der Waals surface area contributed by atoms with Gasteiger partial charge in [0.2, 0.25) is 0 Å². The van der Waals surface area contributed by atoms with Gasteiger partial charge < -0.3 is 5.73 Å². The zero-order valence-corrected chi connectivity index (χ0v) is 8.28. The molecular weight excluding hydrogens is 156 g/mol. The Kier molecular flexibility index (Phi) is 7.79. The summed E-state index contributed by atoms with van der Waals surface area (Å²) in [5.41, 5.74) is 5.61. The smallest absolute Gasteiger partial charge is 0.0936 e.